The first-order valence-corrected chi connectivity index (χ1v) is 8.07. The van der Waals surface area contributed by atoms with E-state index in [0.717, 1.165) is 43.3 Å². The van der Waals surface area contributed by atoms with Crippen LogP contribution in [0.15, 0.2) is 30.7 Å². The fourth-order valence-corrected chi connectivity index (χ4v) is 2.93. The first-order valence-electron chi connectivity index (χ1n) is 7.69. The molecule has 0 radical (unpaired) electrons. The molecule has 3 heterocycles. The second-order valence-corrected chi connectivity index (χ2v) is 6.33. The van der Waals surface area contributed by atoms with Gasteiger partial charge in [-0.15, -0.1) is 0 Å². The quantitative estimate of drug-likeness (QED) is 0.848. The second kappa shape index (κ2) is 7.10. The summed E-state index contributed by atoms with van der Waals surface area (Å²) in [5.41, 5.74) is 1.08. The zero-order valence-electron chi connectivity index (χ0n) is 13.4. The third-order valence-electron chi connectivity index (χ3n) is 3.97. The Labute approximate surface area is 141 Å². The summed E-state index contributed by atoms with van der Waals surface area (Å²) in [7, 11) is 3.95. The molecule has 0 aromatic carbocycles. The van der Waals surface area contributed by atoms with Gasteiger partial charge >= 0.3 is 0 Å². The highest BCUT2D eigenvalue weighted by Gasteiger charge is 2.23. The summed E-state index contributed by atoms with van der Waals surface area (Å²) in [5.74, 6) is 1.77. The molecule has 2 aromatic rings. The van der Waals surface area contributed by atoms with Crippen LogP contribution in [0.25, 0.3) is 0 Å². The molecular formula is C16H21ClN6. The van der Waals surface area contributed by atoms with Gasteiger partial charge in [0.15, 0.2) is 0 Å². The first kappa shape index (κ1) is 16.0. The minimum atomic E-state index is 0.385. The molecule has 23 heavy (non-hydrogen) atoms. The molecule has 2 aromatic heterocycles. The highest BCUT2D eigenvalue weighted by atomic mass is 35.5. The molecule has 6 nitrogen and oxygen atoms in total. The van der Waals surface area contributed by atoms with E-state index in [2.05, 4.69) is 25.2 Å². The minimum absolute atomic E-state index is 0.385. The summed E-state index contributed by atoms with van der Waals surface area (Å²) in [5, 5.41) is 4.09. The van der Waals surface area contributed by atoms with Crippen LogP contribution < -0.4 is 10.2 Å². The van der Waals surface area contributed by atoms with E-state index in [4.69, 9.17) is 11.6 Å². The summed E-state index contributed by atoms with van der Waals surface area (Å²) in [4.78, 5) is 17.0. The Morgan fingerprint density at radius 1 is 1.35 bits per heavy atom. The van der Waals surface area contributed by atoms with E-state index in [1.54, 1.807) is 12.5 Å². The van der Waals surface area contributed by atoms with Gasteiger partial charge in [0.2, 0.25) is 0 Å². The van der Waals surface area contributed by atoms with E-state index in [0.29, 0.717) is 11.2 Å². The summed E-state index contributed by atoms with van der Waals surface area (Å²) >= 11 is 6.14. The van der Waals surface area contributed by atoms with Crippen LogP contribution in [-0.2, 0) is 6.54 Å². The van der Waals surface area contributed by atoms with Gasteiger partial charge in [0, 0.05) is 57.6 Å². The summed E-state index contributed by atoms with van der Waals surface area (Å²) < 4.78 is 0. The van der Waals surface area contributed by atoms with Crippen LogP contribution in [-0.4, -0.2) is 53.1 Å². The maximum absolute atomic E-state index is 6.14. The average molecular weight is 333 g/mol. The molecular weight excluding hydrogens is 312 g/mol. The lowest BCUT2D eigenvalue weighted by molar-refractivity contribution is 0.328. The normalized spacial score (nSPS) is 18.1. The second-order valence-electron chi connectivity index (χ2n) is 5.97. The Hall–Kier alpha value is -1.92. The van der Waals surface area contributed by atoms with Crippen molar-refractivity contribution in [3.8, 4) is 0 Å². The molecule has 1 aliphatic rings. The number of pyridine rings is 1. The van der Waals surface area contributed by atoms with Crippen LogP contribution in [0.2, 0.25) is 5.15 Å². The molecule has 0 bridgehead atoms. The predicted molar refractivity (Wildman–Crippen MR) is 92.9 cm³/mol. The minimum Gasteiger partial charge on any atom is -0.366 e. The highest BCUT2D eigenvalue weighted by molar-refractivity contribution is 6.30. The predicted octanol–water partition coefficient (Wildman–Crippen LogP) is 2.28. The molecule has 3 rings (SSSR count). The fraction of sp³-hybridized carbons (Fsp3) is 0.438. The average Bonchev–Trinajstić information content (AvgIpc) is 2.97. The van der Waals surface area contributed by atoms with E-state index in [1.807, 2.05) is 37.2 Å². The van der Waals surface area contributed by atoms with E-state index < -0.39 is 0 Å². The molecule has 1 unspecified atom stereocenters. The number of rotatable bonds is 5. The van der Waals surface area contributed by atoms with Crippen LogP contribution in [0, 0.1) is 0 Å². The van der Waals surface area contributed by atoms with Crippen molar-refractivity contribution in [3.05, 3.63) is 41.4 Å². The zero-order valence-corrected chi connectivity index (χ0v) is 14.2. The number of hydrogen-bond acceptors (Lipinski definition) is 6. The molecule has 7 heteroatoms. The lowest BCUT2D eigenvalue weighted by Gasteiger charge is -2.18. The molecule has 0 spiro atoms. The molecule has 0 aliphatic carbocycles. The van der Waals surface area contributed by atoms with Gasteiger partial charge in [0.1, 0.15) is 23.1 Å². The van der Waals surface area contributed by atoms with E-state index >= 15 is 0 Å². The van der Waals surface area contributed by atoms with Crippen molar-refractivity contribution < 1.29 is 0 Å². The molecule has 1 atom stereocenters. The number of nitrogens with zero attached hydrogens (tertiary/aromatic N) is 5. The Balaban J connectivity index is 1.58. The summed E-state index contributed by atoms with van der Waals surface area (Å²) in [6.07, 6.45) is 4.40. The lowest BCUT2D eigenvalue weighted by atomic mass is 10.2. The number of aromatic nitrogens is 3. The fourth-order valence-electron chi connectivity index (χ4n) is 2.75. The van der Waals surface area contributed by atoms with Crippen molar-refractivity contribution in [2.75, 3.05) is 37.4 Å². The van der Waals surface area contributed by atoms with Crippen LogP contribution in [0.3, 0.4) is 0 Å². The monoisotopic (exact) mass is 332 g/mol. The number of likely N-dealkylation sites (tertiary alicyclic amines) is 1. The number of halogens is 1. The number of hydrogen-bond donors (Lipinski definition) is 1. The first-order chi connectivity index (χ1) is 11.1. The smallest absolute Gasteiger partial charge is 0.133 e. The summed E-state index contributed by atoms with van der Waals surface area (Å²) in [6, 6.07) is 6.32. The maximum atomic E-state index is 6.14. The van der Waals surface area contributed by atoms with Gasteiger partial charge in [-0.1, -0.05) is 17.7 Å². The van der Waals surface area contributed by atoms with E-state index in [1.165, 1.54) is 0 Å². The Morgan fingerprint density at radius 2 is 2.22 bits per heavy atom. The Morgan fingerprint density at radius 3 is 3.00 bits per heavy atom. The van der Waals surface area contributed by atoms with E-state index in [9.17, 15) is 0 Å². The van der Waals surface area contributed by atoms with Crippen LogP contribution in [0.5, 0.6) is 0 Å². The zero-order chi connectivity index (χ0) is 16.2. The SMILES string of the molecule is CN(C)c1cc(NC2CCN(Cc3cccnc3Cl)C2)ncn1. The van der Waals surface area contributed by atoms with Gasteiger partial charge < -0.3 is 10.2 Å². The highest BCUT2D eigenvalue weighted by Crippen LogP contribution is 2.20. The van der Waals surface area contributed by atoms with Crippen LogP contribution in [0.4, 0.5) is 11.6 Å². The van der Waals surface area contributed by atoms with E-state index in [-0.39, 0.29) is 0 Å². The van der Waals surface area contributed by atoms with Crippen molar-refractivity contribution in [2.45, 2.75) is 19.0 Å². The van der Waals surface area contributed by atoms with Gasteiger partial charge in [-0.05, 0) is 12.5 Å². The van der Waals surface area contributed by atoms with Gasteiger partial charge in [-0.25, -0.2) is 15.0 Å². The van der Waals surface area contributed by atoms with Gasteiger partial charge in [0.25, 0.3) is 0 Å². The van der Waals surface area contributed by atoms with Gasteiger partial charge in [-0.3, -0.25) is 4.90 Å². The third-order valence-corrected chi connectivity index (χ3v) is 4.31. The van der Waals surface area contributed by atoms with Crippen molar-refractivity contribution >= 4 is 23.2 Å². The van der Waals surface area contributed by atoms with Crippen molar-refractivity contribution in [3.63, 3.8) is 0 Å². The molecule has 0 saturated carbocycles. The van der Waals surface area contributed by atoms with Gasteiger partial charge in [-0.2, -0.15) is 0 Å². The largest absolute Gasteiger partial charge is 0.366 e. The Bertz CT molecular complexity index is 663. The maximum Gasteiger partial charge on any atom is 0.133 e. The molecule has 1 fully saturated rings. The number of nitrogens with one attached hydrogen (secondary N) is 1. The standard InChI is InChI=1S/C16H21ClN6/c1-22(2)15-8-14(19-11-20-15)21-13-5-7-23(10-13)9-12-4-3-6-18-16(12)17/h3-4,6,8,11,13H,5,7,9-10H2,1-2H3,(H,19,20,21). The Kier molecular flexibility index (Phi) is 4.93. The van der Waals surface area contributed by atoms with Crippen LogP contribution in [0.1, 0.15) is 12.0 Å². The van der Waals surface area contributed by atoms with Gasteiger partial charge in [0.05, 0.1) is 0 Å². The van der Waals surface area contributed by atoms with Crippen molar-refractivity contribution in [1.82, 2.24) is 19.9 Å². The molecule has 1 aliphatic heterocycles. The molecule has 1 N–H and O–H groups in total. The molecule has 1 saturated heterocycles. The van der Waals surface area contributed by atoms with Crippen LogP contribution >= 0.6 is 11.6 Å². The van der Waals surface area contributed by atoms with Crippen molar-refractivity contribution in [1.29, 1.82) is 0 Å². The lowest BCUT2D eigenvalue weighted by Crippen LogP contribution is -2.26. The third kappa shape index (κ3) is 4.09. The summed E-state index contributed by atoms with van der Waals surface area (Å²) in [6.45, 7) is 2.83. The topological polar surface area (TPSA) is 57.2 Å². The van der Waals surface area contributed by atoms with Crippen molar-refractivity contribution in [2.24, 2.45) is 0 Å². The molecule has 122 valence electrons. The molecule has 0 amide bonds. The number of anilines is 2.